The Morgan fingerprint density at radius 2 is 1.61 bits per heavy atom. The molecule has 0 radical (unpaired) electrons. The second-order valence-corrected chi connectivity index (χ2v) is 8.80. The number of anilines is 1. The summed E-state index contributed by atoms with van der Waals surface area (Å²) in [4.78, 5) is 24.7. The van der Waals surface area contributed by atoms with Crippen LogP contribution in [0.15, 0.2) is 53.4 Å². The summed E-state index contributed by atoms with van der Waals surface area (Å²) in [7, 11) is -3.69. The summed E-state index contributed by atoms with van der Waals surface area (Å²) in [6, 6.07) is 12.4. The van der Waals surface area contributed by atoms with Crippen molar-refractivity contribution in [2.75, 3.05) is 5.32 Å². The highest BCUT2D eigenvalue weighted by Crippen LogP contribution is 2.20. The van der Waals surface area contributed by atoms with Crippen LogP contribution < -0.4 is 15.4 Å². The molecule has 1 aliphatic carbocycles. The molecule has 2 amide bonds. The Bertz CT molecular complexity index is 998. The van der Waals surface area contributed by atoms with Crippen LogP contribution in [0.1, 0.15) is 47.4 Å². The Labute approximate surface area is 164 Å². The molecule has 1 fully saturated rings. The second-order valence-electron chi connectivity index (χ2n) is 7.09. The molecule has 3 N–H and O–H groups in total. The summed E-state index contributed by atoms with van der Waals surface area (Å²) in [5.74, 6) is -0.632. The fourth-order valence-electron chi connectivity index (χ4n) is 2.62. The van der Waals surface area contributed by atoms with Crippen molar-refractivity contribution in [3.8, 4) is 0 Å². The molecule has 0 aliphatic heterocycles. The maximum atomic E-state index is 12.6. The van der Waals surface area contributed by atoms with Gasteiger partial charge in [-0.05, 0) is 63.1 Å². The van der Waals surface area contributed by atoms with Crippen LogP contribution in [0.25, 0.3) is 0 Å². The highest BCUT2D eigenvalue weighted by atomic mass is 32.2. The first-order chi connectivity index (χ1) is 13.2. The van der Waals surface area contributed by atoms with E-state index in [4.69, 9.17) is 0 Å². The van der Waals surface area contributed by atoms with Gasteiger partial charge in [0.2, 0.25) is 10.0 Å². The predicted octanol–water partition coefficient (Wildman–Crippen LogP) is 2.52. The van der Waals surface area contributed by atoms with Crippen molar-refractivity contribution in [2.24, 2.45) is 0 Å². The van der Waals surface area contributed by atoms with E-state index in [2.05, 4.69) is 15.4 Å². The minimum Gasteiger partial charge on any atom is -0.349 e. The molecule has 148 valence electrons. The number of nitrogens with one attached hydrogen (secondary N) is 3. The molecule has 1 aliphatic rings. The smallest absolute Gasteiger partial charge is 0.255 e. The molecule has 0 saturated heterocycles. The van der Waals surface area contributed by atoms with Crippen molar-refractivity contribution < 1.29 is 18.0 Å². The van der Waals surface area contributed by atoms with Crippen LogP contribution in [0, 0.1) is 0 Å². The lowest BCUT2D eigenvalue weighted by Crippen LogP contribution is -2.30. The number of carbonyl (C=O) groups excluding carboxylic acids is 2. The van der Waals surface area contributed by atoms with Crippen LogP contribution in [-0.2, 0) is 10.0 Å². The number of hydrogen-bond donors (Lipinski definition) is 3. The summed E-state index contributed by atoms with van der Waals surface area (Å²) < 4.78 is 27.1. The van der Waals surface area contributed by atoms with E-state index in [0.717, 1.165) is 12.8 Å². The van der Waals surface area contributed by atoms with E-state index in [0.29, 0.717) is 11.3 Å². The molecule has 8 heteroatoms. The molecule has 2 aromatic carbocycles. The molecular formula is C20H23N3O4S. The maximum absolute atomic E-state index is 12.6. The molecule has 0 spiro atoms. The standard InChI is InChI=1S/C20H23N3O4S/c1-13(2)23-28(26,27)18-8-4-6-15(12-18)20(25)22-17-7-3-5-14(11-17)19(24)21-16-9-10-16/h3-8,11-13,16,23H,9-10H2,1-2H3,(H,21,24)(H,22,25). The van der Waals surface area contributed by atoms with Crippen LogP contribution in [0.4, 0.5) is 5.69 Å². The zero-order valence-electron chi connectivity index (χ0n) is 15.7. The van der Waals surface area contributed by atoms with Gasteiger partial charge < -0.3 is 10.6 Å². The molecule has 0 unspecified atom stereocenters. The zero-order chi connectivity index (χ0) is 20.3. The van der Waals surface area contributed by atoms with Gasteiger partial charge in [0.05, 0.1) is 4.90 Å². The topological polar surface area (TPSA) is 104 Å². The van der Waals surface area contributed by atoms with Gasteiger partial charge in [0.1, 0.15) is 0 Å². The molecule has 7 nitrogen and oxygen atoms in total. The second kappa shape index (κ2) is 8.12. The van der Waals surface area contributed by atoms with E-state index in [9.17, 15) is 18.0 Å². The van der Waals surface area contributed by atoms with Gasteiger partial charge in [0, 0.05) is 28.9 Å². The van der Waals surface area contributed by atoms with Crippen molar-refractivity contribution >= 4 is 27.5 Å². The first-order valence-electron chi connectivity index (χ1n) is 9.09. The lowest BCUT2D eigenvalue weighted by Gasteiger charge is -2.11. The van der Waals surface area contributed by atoms with Crippen LogP contribution in [-0.4, -0.2) is 32.3 Å². The number of amides is 2. The Hall–Kier alpha value is -2.71. The Kier molecular flexibility index (Phi) is 5.81. The van der Waals surface area contributed by atoms with E-state index < -0.39 is 15.9 Å². The fourth-order valence-corrected chi connectivity index (χ4v) is 3.92. The molecule has 2 aromatic rings. The van der Waals surface area contributed by atoms with Gasteiger partial charge in [-0.1, -0.05) is 12.1 Å². The average molecular weight is 401 g/mol. The van der Waals surface area contributed by atoms with Crippen molar-refractivity contribution in [2.45, 2.75) is 43.7 Å². The van der Waals surface area contributed by atoms with Crippen LogP contribution in [0.2, 0.25) is 0 Å². The van der Waals surface area contributed by atoms with Gasteiger partial charge in [0.15, 0.2) is 0 Å². The van der Waals surface area contributed by atoms with E-state index in [-0.39, 0.29) is 28.4 Å². The number of hydrogen-bond acceptors (Lipinski definition) is 4. The molecule has 1 saturated carbocycles. The van der Waals surface area contributed by atoms with Gasteiger partial charge in [-0.2, -0.15) is 0 Å². The monoisotopic (exact) mass is 401 g/mol. The fraction of sp³-hybridized carbons (Fsp3) is 0.300. The largest absolute Gasteiger partial charge is 0.349 e. The van der Waals surface area contributed by atoms with Crippen molar-refractivity contribution in [3.05, 3.63) is 59.7 Å². The van der Waals surface area contributed by atoms with Crippen molar-refractivity contribution in [3.63, 3.8) is 0 Å². The number of carbonyl (C=O) groups is 2. The van der Waals surface area contributed by atoms with E-state index in [1.807, 2.05) is 0 Å². The normalized spacial score (nSPS) is 14.0. The van der Waals surface area contributed by atoms with E-state index in [1.165, 1.54) is 24.3 Å². The molecular weight excluding hydrogens is 378 g/mol. The molecule has 28 heavy (non-hydrogen) atoms. The van der Waals surface area contributed by atoms with Crippen LogP contribution >= 0.6 is 0 Å². The van der Waals surface area contributed by atoms with Gasteiger partial charge >= 0.3 is 0 Å². The van der Waals surface area contributed by atoms with Crippen LogP contribution in [0.5, 0.6) is 0 Å². The Morgan fingerprint density at radius 1 is 0.964 bits per heavy atom. The minimum absolute atomic E-state index is 0.0198. The van der Waals surface area contributed by atoms with Gasteiger partial charge in [0.25, 0.3) is 11.8 Å². The zero-order valence-corrected chi connectivity index (χ0v) is 16.5. The van der Waals surface area contributed by atoms with Gasteiger partial charge in [-0.15, -0.1) is 0 Å². The molecule has 0 heterocycles. The molecule has 0 aromatic heterocycles. The first-order valence-corrected chi connectivity index (χ1v) is 10.6. The van der Waals surface area contributed by atoms with Crippen LogP contribution in [0.3, 0.4) is 0 Å². The number of sulfonamides is 1. The average Bonchev–Trinajstić information content (AvgIpc) is 3.45. The number of benzene rings is 2. The third-order valence-electron chi connectivity index (χ3n) is 4.09. The SMILES string of the molecule is CC(C)NS(=O)(=O)c1cccc(C(=O)Nc2cccc(C(=O)NC3CC3)c2)c1. The van der Waals surface area contributed by atoms with Gasteiger partial charge in [-0.3, -0.25) is 9.59 Å². The highest BCUT2D eigenvalue weighted by Gasteiger charge is 2.24. The van der Waals surface area contributed by atoms with Crippen molar-refractivity contribution in [1.82, 2.24) is 10.0 Å². The summed E-state index contributed by atoms with van der Waals surface area (Å²) in [5, 5.41) is 5.60. The summed E-state index contributed by atoms with van der Waals surface area (Å²) in [5.41, 5.74) is 1.13. The lowest BCUT2D eigenvalue weighted by atomic mass is 10.1. The third kappa shape index (κ3) is 5.17. The van der Waals surface area contributed by atoms with Crippen molar-refractivity contribution in [1.29, 1.82) is 0 Å². The molecule has 0 bridgehead atoms. The minimum atomic E-state index is -3.69. The third-order valence-corrected chi connectivity index (χ3v) is 5.75. The summed E-state index contributed by atoms with van der Waals surface area (Å²) >= 11 is 0. The summed E-state index contributed by atoms with van der Waals surface area (Å²) in [6.45, 7) is 3.45. The van der Waals surface area contributed by atoms with E-state index >= 15 is 0 Å². The lowest BCUT2D eigenvalue weighted by molar-refractivity contribution is 0.0949. The predicted molar refractivity (Wildman–Crippen MR) is 107 cm³/mol. The van der Waals surface area contributed by atoms with Gasteiger partial charge in [-0.25, -0.2) is 13.1 Å². The molecule has 3 rings (SSSR count). The summed E-state index contributed by atoms with van der Waals surface area (Å²) in [6.07, 6.45) is 1.99. The van der Waals surface area contributed by atoms with E-state index in [1.54, 1.807) is 38.1 Å². The highest BCUT2D eigenvalue weighted by molar-refractivity contribution is 7.89. The molecule has 0 atom stereocenters. The maximum Gasteiger partial charge on any atom is 0.255 e. The Morgan fingerprint density at radius 3 is 2.25 bits per heavy atom. The Balaban J connectivity index is 1.74. The first kappa shape index (κ1) is 20.0. The number of rotatable bonds is 7. The quantitative estimate of drug-likeness (QED) is 0.663.